The van der Waals surface area contributed by atoms with Crippen molar-refractivity contribution in [2.45, 2.75) is 12.5 Å². The van der Waals surface area contributed by atoms with Crippen LogP contribution in [-0.2, 0) is 0 Å². The lowest BCUT2D eigenvalue weighted by Crippen LogP contribution is -2.40. The van der Waals surface area contributed by atoms with Gasteiger partial charge in [0.15, 0.2) is 0 Å². The van der Waals surface area contributed by atoms with Crippen LogP contribution in [0.1, 0.15) is 6.92 Å². The van der Waals surface area contributed by atoms with Gasteiger partial charge in [0.2, 0.25) is 0 Å². The van der Waals surface area contributed by atoms with E-state index in [0.717, 1.165) is 11.1 Å². The molecule has 0 saturated carbocycles. The van der Waals surface area contributed by atoms with Gasteiger partial charge < -0.3 is 15.6 Å². The van der Waals surface area contributed by atoms with E-state index < -0.39 is 5.60 Å². The molecule has 0 aliphatic rings. The van der Waals surface area contributed by atoms with Crippen molar-refractivity contribution in [1.29, 1.82) is 0 Å². The highest BCUT2D eigenvalue weighted by molar-refractivity contribution is 5.83. The van der Waals surface area contributed by atoms with E-state index in [4.69, 9.17) is 10.5 Å². The van der Waals surface area contributed by atoms with Gasteiger partial charge in [0.05, 0.1) is 0 Å². The molecule has 0 amide bonds. The number of ether oxygens (including phenoxy) is 1. The van der Waals surface area contributed by atoms with Gasteiger partial charge in [-0.2, -0.15) is 0 Å². The van der Waals surface area contributed by atoms with E-state index in [2.05, 4.69) is 6.07 Å². The number of benzene rings is 2. The second-order valence-corrected chi connectivity index (χ2v) is 4.50. The molecular formula is C14H17NO2. The summed E-state index contributed by atoms with van der Waals surface area (Å²) in [6.07, 6.45) is 0. The van der Waals surface area contributed by atoms with Gasteiger partial charge in [0.1, 0.15) is 18.0 Å². The fourth-order valence-electron chi connectivity index (χ4n) is 1.55. The minimum atomic E-state index is -0.981. The Balaban J connectivity index is 2.14. The molecule has 0 aromatic heterocycles. The summed E-state index contributed by atoms with van der Waals surface area (Å²) < 4.78 is 5.54. The molecule has 0 saturated heterocycles. The van der Waals surface area contributed by atoms with Gasteiger partial charge in [0.25, 0.3) is 0 Å². The van der Waals surface area contributed by atoms with E-state index in [0.29, 0.717) is 0 Å². The van der Waals surface area contributed by atoms with Gasteiger partial charge in [0, 0.05) is 6.54 Å². The molecule has 0 fully saturated rings. The van der Waals surface area contributed by atoms with Crippen molar-refractivity contribution in [3.05, 3.63) is 42.5 Å². The predicted molar refractivity (Wildman–Crippen MR) is 69.1 cm³/mol. The van der Waals surface area contributed by atoms with E-state index in [1.807, 2.05) is 36.4 Å². The highest BCUT2D eigenvalue weighted by atomic mass is 16.5. The van der Waals surface area contributed by atoms with Crippen LogP contribution in [-0.4, -0.2) is 23.9 Å². The van der Waals surface area contributed by atoms with E-state index in [1.165, 1.54) is 5.39 Å². The van der Waals surface area contributed by atoms with Crippen molar-refractivity contribution in [3.8, 4) is 5.75 Å². The number of aliphatic hydroxyl groups is 1. The summed E-state index contributed by atoms with van der Waals surface area (Å²) >= 11 is 0. The predicted octanol–water partition coefficient (Wildman–Crippen LogP) is 1.93. The smallest absolute Gasteiger partial charge is 0.120 e. The summed E-state index contributed by atoms with van der Waals surface area (Å²) in [5.74, 6) is 0.748. The Labute approximate surface area is 101 Å². The van der Waals surface area contributed by atoms with Crippen molar-refractivity contribution in [2.24, 2.45) is 5.73 Å². The highest BCUT2D eigenvalue weighted by Gasteiger charge is 2.18. The standard InChI is InChI=1S/C14H17NO2/c1-14(16,9-15)10-17-13-7-6-11-4-2-3-5-12(11)8-13/h2-8,16H,9-10,15H2,1H3. The lowest BCUT2D eigenvalue weighted by atomic mass is 10.1. The fourth-order valence-corrected chi connectivity index (χ4v) is 1.55. The zero-order chi connectivity index (χ0) is 12.3. The van der Waals surface area contributed by atoms with Gasteiger partial charge in [-0.15, -0.1) is 0 Å². The Morgan fingerprint density at radius 1 is 1.18 bits per heavy atom. The van der Waals surface area contributed by atoms with Crippen molar-refractivity contribution in [1.82, 2.24) is 0 Å². The summed E-state index contributed by atoms with van der Waals surface area (Å²) in [5, 5.41) is 12.0. The molecule has 3 N–H and O–H groups in total. The van der Waals surface area contributed by atoms with Crippen LogP contribution in [0.15, 0.2) is 42.5 Å². The van der Waals surface area contributed by atoms with E-state index in [1.54, 1.807) is 6.92 Å². The normalized spacial score (nSPS) is 14.5. The Hall–Kier alpha value is -1.58. The van der Waals surface area contributed by atoms with Gasteiger partial charge in [-0.25, -0.2) is 0 Å². The quantitative estimate of drug-likeness (QED) is 0.845. The van der Waals surface area contributed by atoms with Crippen molar-refractivity contribution < 1.29 is 9.84 Å². The summed E-state index contributed by atoms with van der Waals surface area (Å²) in [7, 11) is 0. The number of fused-ring (bicyclic) bond motifs is 1. The maximum atomic E-state index is 9.75. The number of rotatable bonds is 4. The minimum absolute atomic E-state index is 0.181. The van der Waals surface area contributed by atoms with Crippen molar-refractivity contribution in [2.75, 3.05) is 13.2 Å². The third kappa shape index (κ3) is 2.96. The molecule has 0 aliphatic heterocycles. The Bertz CT molecular complexity index is 508. The Morgan fingerprint density at radius 3 is 2.59 bits per heavy atom. The lowest BCUT2D eigenvalue weighted by molar-refractivity contribution is 0.0196. The van der Waals surface area contributed by atoms with Crippen LogP contribution in [0.25, 0.3) is 10.8 Å². The fraction of sp³-hybridized carbons (Fsp3) is 0.286. The third-order valence-corrected chi connectivity index (χ3v) is 2.71. The number of nitrogens with two attached hydrogens (primary N) is 1. The summed E-state index contributed by atoms with van der Waals surface area (Å²) in [6, 6.07) is 13.9. The molecule has 3 nitrogen and oxygen atoms in total. The molecule has 0 spiro atoms. The monoisotopic (exact) mass is 231 g/mol. The van der Waals surface area contributed by atoms with Crippen LogP contribution in [0.4, 0.5) is 0 Å². The maximum absolute atomic E-state index is 9.75. The summed E-state index contributed by atoms with van der Waals surface area (Å²) in [5.41, 5.74) is 4.45. The molecule has 0 bridgehead atoms. The van der Waals surface area contributed by atoms with Gasteiger partial charge in [-0.3, -0.25) is 0 Å². The van der Waals surface area contributed by atoms with Crippen LogP contribution in [0, 0.1) is 0 Å². The molecule has 0 heterocycles. The lowest BCUT2D eigenvalue weighted by Gasteiger charge is -2.21. The number of hydrogen-bond acceptors (Lipinski definition) is 3. The van der Waals surface area contributed by atoms with Gasteiger partial charge in [-0.1, -0.05) is 30.3 Å². The zero-order valence-electron chi connectivity index (χ0n) is 9.89. The molecule has 3 heteroatoms. The first-order chi connectivity index (χ1) is 8.11. The average Bonchev–Trinajstić information content (AvgIpc) is 2.36. The Kier molecular flexibility index (Phi) is 3.31. The number of hydrogen-bond donors (Lipinski definition) is 2. The van der Waals surface area contributed by atoms with E-state index in [9.17, 15) is 5.11 Å². The molecule has 0 radical (unpaired) electrons. The molecule has 90 valence electrons. The van der Waals surface area contributed by atoms with Crippen LogP contribution in [0.3, 0.4) is 0 Å². The molecule has 2 rings (SSSR count). The minimum Gasteiger partial charge on any atom is -0.491 e. The topological polar surface area (TPSA) is 55.5 Å². The zero-order valence-corrected chi connectivity index (χ0v) is 9.89. The molecule has 0 aliphatic carbocycles. The van der Waals surface area contributed by atoms with Crippen LogP contribution < -0.4 is 10.5 Å². The van der Waals surface area contributed by atoms with E-state index in [-0.39, 0.29) is 13.2 Å². The second-order valence-electron chi connectivity index (χ2n) is 4.50. The Morgan fingerprint density at radius 2 is 1.88 bits per heavy atom. The second kappa shape index (κ2) is 4.73. The van der Waals surface area contributed by atoms with Crippen molar-refractivity contribution >= 4 is 10.8 Å². The first-order valence-corrected chi connectivity index (χ1v) is 5.65. The SMILES string of the molecule is CC(O)(CN)COc1ccc2ccccc2c1. The largest absolute Gasteiger partial charge is 0.491 e. The van der Waals surface area contributed by atoms with Crippen LogP contribution in [0.2, 0.25) is 0 Å². The summed E-state index contributed by atoms with van der Waals surface area (Å²) in [4.78, 5) is 0. The van der Waals surface area contributed by atoms with Gasteiger partial charge >= 0.3 is 0 Å². The molecule has 17 heavy (non-hydrogen) atoms. The molecule has 2 aromatic rings. The van der Waals surface area contributed by atoms with Crippen LogP contribution >= 0.6 is 0 Å². The van der Waals surface area contributed by atoms with Crippen molar-refractivity contribution in [3.63, 3.8) is 0 Å². The van der Waals surface area contributed by atoms with E-state index >= 15 is 0 Å². The first-order valence-electron chi connectivity index (χ1n) is 5.65. The van der Waals surface area contributed by atoms with Gasteiger partial charge in [-0.05, 0) is 29.8 Å². The highest BCUT2D eigenvalue weighted by Crippen LogP contribution is 2.21. The summed E-state index contributed by atoms with van der Waals surface area (Å²) in [6.45, 7) is 2.04. The molecular weight excluding hydrogens is 214 g/mol. The first kappa shape index (κ1) is 11.9. The average molecular weight is 231 g/mol. The van der Waals surface area contributed by atoms with Crippen LogP contribution in [0.5, 0.6) is 5.75 Å². The molecule has 2 aromatic carbocycles. The third-order valence-electron chi connectivity index (χ3n) is 2.71. The molecule has 1 unspecified atom stereocenters. The maximum Gasteiger partial charge on any atom is 0.120 e. The molecule has 1 atom stereocenters.